The van der Waals surface area contributed by atoms with Crippen molar-refractivity contribution in [3.8, 4) is 0 Å². The second-order valence-electron chi connectivity index (χ2n) is 0.995. The molecule has 1 atom stereocenters. The molecule has 1 N–H and O–H groups in total. The van der Waals surface area contributed by atoms with E-state index in [-0.39, 0.29) is 18.9 Å². The summed E-state index contributed by atoms with van der Waals surface area (Å²) in [5.41, 5.74) is 0. The predicted molar refractivity (Wildman–Crippen MR) is 16.7 cm³/mol. The van der Waals surface area contributed by atoms with Crippen LogP contribution in [0.1, 0.15) is 6.92 Å². The van der Waals surface area contributed by atoms with Gasteiger partial charge in [-0.05, 0) is 6.92 Å². The van der Waals surface area contributed by atoms with Crippen molar-refractivity contribution in [2.45, 2.75) is 13.0 Å². The predicted octanol–water partition coefficient (Wildman–Crippen LogP) is -4.88. The first-order valence-corrected chi connectivity index (χ1v) is 1.53. The Balaban J connectivity index is 0. The van der Waals surface area contributed by atoms with Crippen molar-refractivity contribution in [1.82, 2.24) is 0 Å². The average molecular weight is 96.0 g/mol. The van der Waals surface area contributed by atoms with Crippen LogP contribution in [0.5, 0.6) is 0 Å². The smallest absolute Gasteiger partial charge is 0.547 e. The van der Waals surface area contributed by atoms with E-state index in [0.29, 0.717) is 0 Å². The van der Waals surface area contributed by atoms with Crippen LogP contribution >= 0.6 is 0 Å². The summed E-state index contributed by atoms with van der Waals surface area (Å²) < 4.78 is 0. The maximum absolute atomic E-state index is 9.34. The van der Waals surface area contributed by atoms with Crippen molar-refractivity contribution in [1.29, 1.82) is 0 Å². The van der Waals surface area contributed by atoms with Crippen LogP contribution in [0.25, 0.3) is 0 Å². The molecular formula is C3H5LiO3. The van der Waals surface area contributed by atoms with E-state index in [9.17, 15) is 9.90 Å². The molecule has 0 rings (SSSR count). The van der Waals surface area contributed by atoms with E-state index in [4.69, 9.17) is 5.11 Å². The van der Waals surface area contributed by atoms with Crippen LogP contribution in [0.3, 0.4) is 0 Å². The first kappa shape index (κ1) is 10.1. The van der Waals surface area contributed by atoms with E-state index in [2.05, 4.69) is 0 Å². The Kier molecular flexibility index (Phi) is 6.05. The Morgan fingerprint density at radius 1 is 1.86 bits per heavy atom. The van der Waals surface area contributed by atoms with Gasteiger partial charge >= 0.3 is 18.9 Å². The fourth-order valence-corrected chi connectivity index (χ4v) is 0. The molecule has 0 spiro atoms. The quantitative estimate of drug-likeness (QED) is 0.333. The number of carbonyl (C=O) groups is 1. The molecule has 0 heterocycles. The van der Waals surface area contributed by atoms with Crippen LogP contribution in [0, 0.1) is 0 Å². The fraction of sp³-hybridized carbons (Fsp3) is 0.667. The number of carboxylic acid groups (broad SMARTS) is 1. The van der Waals surface area contributed by atoms with Crippen LogP contribution in [-0.4, -0.2) is 17.2 Å². The van der Waals surface area contributed by atoms with E-state index in [1.807, 2.05) is 0 Å². The molecule has 0 saturated carbocycles. The van der Waals surface area contributed by atoms with Crippen LogP contribution in [-0.2, 0) is 4.79 Å². The van der Waals surface area contributed by atoms with Gasteiger partial charge in [0.1, 0.15) is 0 Å². The molecule has 0 aromatic heterocycles. The van der Waals surface area contributed by atoms with Crippen molar-refractivity contribution in [2.24, 2.45) is 0 Å². The number of hydrogen-bond acceptors (Lipinski definition) is 3. The largest absolute Gasteiger partial charge is 1.00 e. The maximum atomic E-state index is 9.34. The van der Waals surface area contributed by atoms with Gasteiger partial charge in [0.2, 0.25) is 0 Å². The van der Waals surface area contributed by atoms with E-state index < -0.39 is 12.1 Å². The Hall–Kier alpha value is 0.0274. The zero-order valence-corrected chi connectivity index (χ0v) is 4.34. The summed E-state index contributed by atoms with van der Waals surface area (Å²) in [7, 11) is 0. The first-order valence-electron chi connectivity index (χ1n) is 1.53. The minimum absolute atomic E-state index is 0. The summed E-state index contributed by atoms with van der Waals surface area (Å²) in [5, 5.41) is 17.3. The summed E-state index contributed by atoms with van der Waals surface area (Å²) in [4.78, 5) is 9.34. The molecule has 7 heavy (non-hydrogen) atoms. The molecule has 0 aromatic carbocycles. The van der Waals surface area contributed by atoms with Gasteiger partial charge in [0.15, 0.2) is 0 Å². The zero-order valence-electron chi connectivity index (χ0n) is 4.34. The average Bonchev–Trinajstić information content (AvgIpc) is 1.36. The van der Waals surface area contributed by atoms with E-state index >= 15 is 0 Å². The maximum Gasteiger partial charge on any atom is 1.00 e. The van der Waals surface area contributed by atoms with Crippen molar-refractivity contribution < 1.29 is 33.9 Å². The Morgan fingerprint density at radius 2 is 2.00 bits per heavy atom. The van der Waals surface area contributed by atoms with Gasteiger partial charge in [0.05, 0.1) is 12.1 Å². The summed E-state index contributed by atoms with van der Waals surface area (Å²) in [6, 6.07) is 0. The molecule has 0 aliphatic carbocycles. The van der Waals surface area contributed by atoms with Gasteiger partial charge in [-0.3, -0.25) is 0 Å². The fourth-order valence-electron chi connectivity index (χ4n) is 0. The third-order valence-corrected chi connectivity index (χ3v) is 0.341. The Labute approximate surface area is 53.5 Å². The van der Waals surface area contributed by atoms with E-state index in [1.54, 1.807) is 0 Å². The minimum Gasteiger partial charge on any atom is -0.547 e. The molecule has 0 saturated heterocycles. The number of carboxylic acids is 1. The molecule has 0 aliphatic heterocycles. The van der Waals surface area contributed by atoms with Crippen molar-refractivity contribution in [2.75, 3.05) is 0 Å². The molecule has 0 aliphatic rings. The number of aliphatic hydroxyl groups is 1. The third kappa shape index (κ3) is 6.03. The SMILES string of the molecule is C[C@@H](O)C(=O)[O-].[Li+]. The molecule has 36 valence electrons. The summed E-state index contributed by atoms with van der Waals surface area (Å²) >= 11 is 0. The Morgan fingerprint density at radius 3 is 2.00 bits per heavy atom. The molecule has 0 bridgehead atoms. The third-order valence-electron chi connectivity index (χ3n) is 0.341. The molecule has 0 amide bonds. The number of aliphatic carboxylic acids is 1. The van der Waals surface area contributed by atoms with Crippen LogP contribution in [0.2, 0.25) is 0 Å². The molecule has 4 heteroatoms. The standard InChI is InChI=1S/C3H6O3.Li/c1-2(4)3(5)6;/h2,4H,1H3,(H,5,6);/q;+1/p-1/t2-;/m1./s1. The van der Waals surface area contributed by atoms with Crippen LogP contribution < -0.4 is 24.0 Å². The van der Waals surface area contributed by atoms with Crippen molar-refractivity contribution in [3.63, 3.8) is 0 Å². The molecule has 0 aromatic rings. The van der Waals surface area contributed by atoms with Gasteiger partial charge < -0.3 is 15.0 Å². The van der Waals surface area contributed by atoms with Gasteiger partial charge in [-0.25, -0.2) is 0 Å². The summed E-state index contributed by atoms with van der Waals surface area (Å²) in [5.74, 6) is -1.44. The minimum atomic E-state index is -1.44. The molecule has 3 nitrogen and oxygen atoms in total. The van der Waals surface area contributed by atoms with E-state index in [1.165, 1.54) is 0 Å². The van der Waals surface area contributed by atoms with Crippen molar-refractivity contribution >= 4 is 5.97 Å². The monoisotopic (exact) mass is 96.0 g/mol. The normalized spacial score (nSPS) is 11.7. The molecular weight excluding hydrogens is 91.0 g/mol. The van der Waals surface area contributed by atoms with Gasteiger partial charge in [0.25, 0.3) is 0 Å². The number of rotatable bonds is 1. The number of carbonyl (C=O) groups excluding carboxylic acids is 1. The number of aliphatic hydroxyl groups excluding tert-OH is 1. The van der Waals surface area contributed by atoms with Crippen LogP contribution in [0.4, 0.5) is 0 Å². The van der Waals surface area contributed by atoms with Crippen molar-refractivity contribution in [3.05, 3.63) is 0 Å². The topological polar surface area (TPSA) is 60.4 Å². The first-order chi connectivity index (χ1) is 2.64. The molecule has 0 unspecified atom stereocenters. The summed E-state index contributed by atoms with van der Waals surface area (Å²) in [6.07, 6.45) is -1.34. The summed E-state index contributed by atoms with van der Waals surface area (Å²) in [6.45, 7) is 1.13. The van der Waals surface area contributed by atoms with Gasteiger partial charge in [-0.15, -0.1) is 0 Å². The Bertz CT molecular complexity index is 61.2. The zero-order chi connectivity index (χ0) is 5.15. The molecule has 0 fully saturated rings. The van der Waals surface area contributed by atoms with Crippen LogP contribution in [0.15, 0.2) is 0 Å². The second-order valence-corrected chi connectivity index (χ2v) is 0.995. The van der Waals surface area contributed by atoms with Gasteiger partial charge in [0, 0.05) is 0 Å². The number of hydrogen-bond donors (Lipinski definition) is 1. The second kappa shape index (κ2) is 4.19. The van der Waals surface area contributed by atoms with Gasteiger partial charge in [-0.1, -0.05) is 0 Å². The van der Waals surface area contributed by atoms with Gasteiger partial charge in [-0.2, -0.15) is 0 Å². The molecule has 0 radical (unpaired) electrons. The van der Waals surface area contributed by atoms with E-state index in [0.717, 1.165) is 6.92 Å².